The van der Waals surface area contributed by atoms with Gasteiger partial charge in [-0.15, -0.1) is 0 Å². The van der Waals surface area contributed by atoms with Crippen LogP contribution in [0.3, 0.4) is 0 Å². The molecule has 0 bridgehead atoms. The number of halogens is 2. The highest BCUT2D eigenvalue weighted by Crippen LogP contribution is 2.25. The second-order valence-electron chi connectivity index (χ2n) is 4.74. The van der Waals surface area contributed by atoms with Gasteiger partial charge in [0.25, 0.3) is 0 Å². The van der Waals surface area contributed by atoms with Gasteiger partial charge in [-0.25, -0.2) is 0 Å². The maximum atomic E-state index is 10.2. The van der Waals surface area contributed by atoms with E-state index in [1.165, 1.54) is 0 Å². The van der Waals surface area contributed by atoms with E-state index in [0.717, 1.165) is 5.56 Å². The van der Waals surface area contributed by atoms with Gasteiger partial charge in [-0.2, -0.15) is 0 Å². The van der Waals surface area contributed by atoms with Crippen LogP contribution in [-0.4, -0.2) is 23.4 Å². The van der Waals surface area contributed by atoms with Crippen molar-refractivity contribution in [1.82, 2.24) is 5.32 Å². The number of aliphatic hydroxyl groups is 2. The van der Waals surface area contributed by atoms with Gasteiger partial charge >= 0.3 is 0 Å². The Balaban J connectivity index is 1.99. The Hall–Kier alpha value is -1.10. The van der Waals surface area contributed by atoms with Gasteiger partial charge < -0.3 is 15.5 Å². The van der Waals surface area contributed by atoms with Crippen LogP contribution in [0.4, 0.5) is 0 Å². The lowest BCUT2D eigenvalue weighted by Gasteiger charge is -2.19. The molecule has 0 heterocycles. The third-order valence-electron chi connectivity index (χ3n) is 3.27. The molecule has 5 heteroatoms. The van der Waals surface area contributed by atoms with E-state index in [1.807, 2.05) is 30.3 Å². The summed E-state index contributed by atoms with van der Waals surface area (Å²) >= 11 is 11.8. The van der Waals surface area contributed by atoms with Crippen LogP contribution in [0.15, 0.2) is 48.5 Å². The molecule has 0 spiro atoms. The average molecular weight is 326 g/mol. The summed E-state index contributed by atoms with van der Waals surface area (Å²) in [6.45, 7) is 0.260. The van der Waals surface area contributed by atoms with Crippen molar-refractivity contribution in [2.45, 2.75) is 12.1 Å². The van der Waals surface area contributed by atoms with Crippen LogP contribution in [-0.2, 0) is 0 Å². The van der Waals surface area contributed by atoms with E-state index >= 15 is 0 Å². The quantitative estimate of drug-likeness (QED) is 0.763. The molecule has 2 aromatic carbocycles. The lowest BCUT2D eigenvalue weighted by Crippen LogP contribution is -2.28. The lowest BCUT2D eigenvalue weighted by atomic mass is 10.1. The monoisotopic (exact) mass is 325 g/mol. The molecule has 0 unspecified atom stereocenters. The van der Waals surface area contributed by atoms with E-state index in [-0.39, 0.29) is 12.6 Å². The van der Waals surface area contributed by atoms with E-state index in [9.17, 15) is 10.2 Å². The first-order chi connectivity index (χ1) is 10.1. The van der Waals surface area contributed by atoms with Crippen molar-refractivity contribution < 1.29 is 10.2 Å². The molecule has 0 saturated heterocycles. The van der Waals surface area contributed by atoms with E-state index in [2.05, 4.69) is 5.32 Å². The van der Waals surface area contributed by atoms with Crippen LogP contribution in [0.2, 0.25) is 10.0 Å². The van der Waals surface area contributed by atoms with Gasteiger partial charge in [-0.05, 0) is 23.3 Å². The molecule has 0 aliphatic rings. The van der Waals surface area contributed by atoms with E-state index in [1.54, 1.807) is 18.2 Å². The predicted molar refractivity (Wildman–Crippen MR) is 85.7 cm³/mol. The molecule has 0 aliphatic carbocycles. The van der Waals surface area contributed by atoms with Gasteiger partial charge in [-0.3, -0.25) is 0 Å². The van der Waals surface area contributed by atoms with Crippen molar-refractivity contribution in [3.05, 3.63) is 69.7 Å². The van der Waals surface area contributed by atoms with Crippen LogP contribution in [0.1, 0.15) is 23.3 Å². The molecule has 2 aromatic rings. The summed E-state index contributed by atoms with van der Waals surface area (Å²) in [6.07, 6.45) is -0.725. The van der Waals surface area contributed by atoms with Crippen molar-refractivity contribution in [3.8, 4) is 0 Å². The molecule has 21 heavy (non-hydrogen) atoms. The van der Waals surface area contributed by atoms with Crippen LogP contribution >= 0.6 is 23.2 Å². The maximum Gasteiger partial charge on any atom is 0.0915 e. The van der Waals surface area contributed by atoms with E-state index < -0.39 is 6.10 Å². The zero-order valence-electron chi connectivity index (χ0n) is 11.3. The van der Waals surface area contributed by atoms with Gasteiger partial charge in [0, 0.05) is 6.54 Å². The SMILES string of the molecule is OC[C@@H](NC[C@@H](O)c1ccc(Cl)c(Cl)c1)c1ccccc1. The summed E-state index contributed by atoms with van der Waals surface area (Å²) in [5.41, 5.74) is 1.66. The second kappa shape index (κ2) is 7.78. The summed E-state index contributed by atoms with van der Waals surface area (Å²) in [6, 6.07) is 14.4. The third-order valence-corrected chi connectivity index (χ3v) is 4.01. The van der Waals surface area contributed by atoms with Gasteiger partial charge in [0.2, 0.25) is 0 Å². The standard InChI is InChI=1S/C16H17Cl2NO2/c17-13-7-6-12(8-14(13)18)16(21)9-19-15(10-20)11-4-2-1-3-5-11/h1-8,15-16,19-21H,9-10H2/t15-,16-/m1/s1. The molecule has 3 nitrogen and oxygen atoms in total. The number of rotatable bonds is 6. The average Bonchev–Trinajstić information content (AvgIpc) is 2.51. The highest BCUT2D eigenvalue weighted by Gasteiger charge is 2.14. The molecule has 3 N–H and O–H groups in total. The molecule has 0 radical (unpaired) electrons. The minimum absolute atomic E-state index is 0.0435. The third kappa shape index (κ3) is 4.43. The predicted octanol–water partition coefficient (Wildman–Crippen LogP) is 3.35. The minimum atomic E-state index is -0.725. The molecule has 2 rings (SSSR count). The van der Waals surface area contributed by atoms with Gasteiger partial charge in [0.05, 0.1) is 28.8 Å². The Labute approximate surface area is 134 Å². The fourth-order valence-corrected chi connectivity index (χ4v) is 2.37. The summed E-state index contributed by atoms with van der Waals surface area (Å²) < 4.78 is 0. The molecule has 2 atom stereocenters. The molecule has 0 saturated carbocycles. The Morgan fingerprint density at radius 2 is 1.67 bits per heavy atom. The fourth-order valence-electron chi connectivity index (χ4n) is 2.06. The normalized spacial score (nSPS) is 13.9. The van der Waals surface area contributed by atoms with Gasteiger partial charge in [0.1, 0.15) is 0 Å². The summed E-state index contributed by atoms with van der Waals surface area (Å²) in [7, 11) is 0. The van der Waals surface area contributed by atoms with Crippen molar-refractivity contribution in [3.63, 3.8) is 0 Å². The number of aliphatic hydroxyl groups excluding tert-OH is 2. The van der Waals surface area contributed by atoms with Crippen molar-refractivity contribution in [2.24, 2.45) is 0 Å². The Morgan fingerprint density at radius 3 is 2.29 bits per heavy atom. The van der Waals surface area contributed by atoms with Gasteiger partial charge in [0.15, 0.2) is 0 Å². The first-order valence-electron chi connectivity index (χ1n) is 6.64. The van der Waals surface area contributed by atoms with Crippen molar-refractivity contribution in [2.75, 3.05) is 13.2 Å². The fraction of sp³-hybridized carbons (Fsp3) is 0.250. The molecule has 112 valence electrons. The van der Waals surface area contributed by atoms with Gasteiger partial charge in [-0.1, -0.05) is 59.6 Å². The molecule has 0 aliphatic heterocycles. The van der Waals surface area contributed by atoms with Crippen molar-refractivity contribution in [1.29, 1.82) is 0 Å². The Bertz CT molecular complexity index is 578. The molecule has 0 amide bonds. The van der Waals surface area contributed by atoms with E-state index in [4.69, 9.17) is 23.2 Å². The van der Waals surface area contributed by atoms with Crippen LogP contribution < -0.4 is 5.32 Å². The Kier molecular flexibility index (Phi) is 6.03. The number of benzene rings is 2. The minimum Gasteiger partial charge on any atom is -0.394 e. The lowest BCUT2D eigenvalue weighted by molar-refractivity contribution is 0.159. The van der Waals surface area contributed by atoms with Crippen molar-refractivity contribution >= 4 is 23.2 Å². The first-order valence-corrected chi connectivity index (χ1v) is 7.39. The van der Waals surface area contributed by atoms with Crippen LogP contribution in [0.25, 0.3) is 0 Å². The van der Waals surface area contributed by atoms with Crippen LogP contribution in [0.5, 0.6) is 0 Å². The largest absolute Gasteiger partial charge is 0.394 e. The smallest absolute Gasteiger partial charge is 0.0915 e. The summed E-state index contributed by atoms with van der Waals surface area (Å²) in [5, 5.41) is 23.7. The maximum absolute atomic E-state index is 10.2. The molecule has 0 fully saturated rings. The summed E-state index contributed by atoms with van der Waals surface area (Å²) in [4.78, 5) is 0. The second-order valence-corrected chi connectivity index (χ2v) is 5.56. The van der Waals surface area contributed by atoms with E-state index in [0.29, 0.717) is 22.2 Å². The van der Waals surface area contributed by atoms with Crippen LogP contribution in [0, 0.1) is 0 Å². The zero-order chi connectivity index (χ0) is 15.2. The first kappa shape index (κ1) is 16.3. The highest BCUT2D eigenvalue weighted by molar-refractivity contribution is 6.42. The highest BCUT2D eigenvalue weighted by atomic mass is 35.5. The molecule has 0 aromatic heterocycles. The molecular weight excluding hydrogens is 309 g/mol. The number of nitrogens with one attached hydrogen (secondary N) is 1. The summed E-state index contributed by atoms with van der Waals surface area (Å²) in [5.74, 6) is 0. The zero-order valence-corrected chi connectivity index (χ0v) is 12.8. The number of hydrogen-bond acceptors (Lipinski definition) is 3. The Morgan fingerprint density at radius 1 is 0.952 bits per heavy atom. The number of hydrogen-bond donors (Lipinski definition) is 3. The topological polar surface area (TPSA) is 52.5 Å². The molecular formula is C16H17Cl2NO2.